The van der Waals surface area contributed by atoms with Crippen molar-refractivity contribution < 1.29 is 18.8 Å². The molecule has 0 atom stereocenters. The molecule has 0 bridgehead atoms. The summed E-state index contributed by atoms with van der Waals surface area (Å²) in [6, 6.07) is 2.17. The lowest BCUT2D eigenvalue weighted by Crippen LogP contribution is -2.36. The molecular weight excluding hydrogens is 413 g/mol. The van der Waals surface area contributed by atoms with Crippen LogP contribution in [0.5, 0.6) is 5.75 Å². The number of nitro groups is 1. The van der Waals surface area contributed by atoms with Gasteiger partial charge in [-0.05, 0) is 28.8 Å². The SMILES string of the molecule is O=[N+]([O-])c1cc(Br)c(F)cc1OCC1(CBr)CCOCC1. The van der Waals surface area contributed by atoms with Crippen molar-refractivity contribution in [2.75, 3.05) is 25.2 Å². The Balaban J connectivity index is 2.18. The van der Waals surface area contributed by atoms with E-state index >= 15 is 0 Å². The summed E-state index contributed by atoms with van der Waals surface area (Å²) in [6.07, 6.45) is 1.59. The minimum Gasteiger partial charge on any atom is -0.486 e. The minimum absolute atomic E-state index is 0.0443. The first kappa shape index (κ1) is 16.6. The number of nitrogens with zero attached hydrogens (tertiary/aromatic N) is 1. The number of hydrogen-bond acceptors (Lipinski definition) is 4. The Kier molecular flexibility index (Phi) is 5.56. The van der Waals surface area contributed by atoms with Crippen molar-refractivity contribution in [3.63, 3.8) is 0 Å². The van der Waals surface area contributed by atoms with Crippen LogP contribution in [0.1, 0.15) is 12.8 Å². The second-order valence-electron chi connectivity index (χ2n) is 5.03. The number of hydrogen-bond donors (Lipinski definition) is 0. The van der Waals surface area contributed by atoms with Crippen LogP contribution in [0.2, 0.25) is 0 Å². The smallest absolute Gasteiger partial charge is 0.312 e. The van der Waals surface area contributed by atoms with E-state index in [9.17, 15) is 14.5 Å². The summed E-state index contributed by atoms with van der Waals surface area (Å²) in [6.45, 7) is 1.54. The molecule has 0 N–H and O–H groups in total. The van der Waals surface area contributed by atoms with Crippen LogP contribution in [0.15, 0.2) is 16.6 Å². The molecule has 1 heterocycles. The largest absolute Gasteiger partial charge is 0.486 e. The van der Waals surface area contributed by atoms with Gasteiger partial charge in [-0.3, -0.25) is 10.1 Å². The summed E-state index contributed by atoms with van der Waals surface area (Å²) in [4.78, 5) is 10.5. The number of benzene rings is 1. The van der Waals surface area contributed by atoms with Crippen LogP contribution >= 0.6 is 31.9 Å². The molecule has 21 heavy (non-hydrogen) atoms. The van der Waals surface area contributed by atoms with E-state index in [4.69, 9.17) is 9.47 Å². The van der Waals surface area contributed by atoms with Gasteiger partial charge in [0.1, 0.15) is 5.82 Å². The zero-order chi connectivity index (χ0) is 15.5. The predicted octanol–water partition coefficient (Wildman–Crippen LogP) is 4.07. The van der Waals surface area contributed by atoms with Crippen LogP contribution in [-0.2, 0) is 4.74 Å². The monoisotopic (exact) mass is 425 g/mol. The number of ether oxygens (including phenoxy) is 2. The van der Waals surface area contributed by atoms with Crippen molar-refractivity contribution in [2.45, 2.75) is 12.8 Å². The molecule has 1 aliphatic rings. The molecule has 1 aromatic rings. The molecule has 116 valence electrons. The molecule has 2 rings (SSSR count). The molecule has 5 nitrogen and oxygen atoms in total. The summed E-state index contributed by atoms with van der Waals surface area (Å²) < 4.78 is 24.5. The van der Waals surface area contributed by atoms with Crippen molar-refractivity contribution in [1.29, 1.82) is 0 Å². The van der Waals surface area contributed by atoms with Gasteiger partial charge < -0.3 is 9.47 Å². The van der Waals surface area contributed by atoms with Crippen LogP contribution in [0.25, 0.3) is 0 Å². The fraction of sp³-hybridized carbons (Fsp3) is 0.538. The maximum absolute atomic E-state index is 13.6. The Hall–Kier alpha value is -0.730. The Morgan fingerprint density at radius 2 is 2.10 bits per heavy atom. The highest BCUT2D eigenvalue weighted by Gasteiger charge is 2.33. The normalized spacial score (nSPS) is 17.5. The Morgan fingerprint density at radius 3 is 2.67 bits per heavy atom. The highest BCUT2D eigenvalue weighted by atomic mass is 79.9. The molecule has 0 amide bonds. The summed E-state index contributed by atoms with van der Waals surface area (Å²) in [5.74, 6) is -0.636. The summed E-state index contributed by atoms with van der Waals surface area (Å²) in [7, 11) is 0. The number of rotatable bonds is 5. The maximum Gasteiger partial charge on any atom is 0.312 e. The third-order valence-electron chi connectivity index (χ3n) is 3.57. The lowest BCUT2D eigenvalue weighted by molar-refractivity contribution is -0.386. The first-order valence-electron chi connectivity index (χ1n) is 6.37. The van der Waals surface area contributed by atoms with Crippen molar-refractivity contribution in [3.05, 3.63) is 32.5 Å². The first-order valence-corrected chi connectivity index (χ1v) is 8.29. The minimum atomic E-state index is -0.588. The fourth-order valence-electron chi connectivity index (χ4n) is 2.13. The average molecular weight is 427 g/mol. The molecule has 1 saturated heterocycles. The molecule has 1 aliphatic heterocycles. The topological polar surface area (TPSA) is 61.6 Å². The van der Waals surface area contributed by atoms with Gasteiger partial charge in [-0.2, -0.15) is 0 Å². The van der Waals surface area contributed by atoms with Gasteiger partial charge in [-0.15, -0.1) is 0 Å². The number of halogens is 3. The van der Waals surface area contributed by atoms with E-state index in [1.54, 1.807) is 0 Å². The van der Waals surface area contributed by atoms with E-state index in [1.807, 2.05) is 0 Å². The van der Waals surface area contributed by atoms with E-state index in [-0.39, 0.29) is 27.9 Å². The zero-order valence-corrected chi connectivity index (χ0v) is 14.3. The van der Waals surface area contributed by atoms with Crippen molar-refractivity contribution in [2.24, 2.45) is 5.41 Å². The lowest BCUT2D eigenvalue weighted by Gasteiger charge is -2.35. The predicted molar refractivity (Wildman–Crippen MR) is 82.5 cm³/mol. The second kappa shape index (κ2) is 7.02. The molecule has 8 heteroatoms. The molecule has 0 aliphatic carbocycles. The van der Waals surface area contributed by atoms with Gasteiger partial charge in [0.15, 0.2) is 5.75 Å². The summed E-state index contributed by atoms with van der Waals surface area (Å²) in [5.41, 5.74) is -0.393. The first-order chi connectivity index (χ1) is 9.97. The molecule has 0 saturated carbocycles. The van der Waals surface area contributed by atoms with Gasteiger partial charge in [-0.1, -0.05) is 15.9 Å². The number of alkyl halides is 1. The Morgan fingerprint density at radius 1 is 1.43 bits per heavy atom. The van der Waals surface area contributed by atoms with Crippen LogP contribution in [0.3, 0.4) is 0 Å². The lowest BCUT2D eigenvalue weighted by atomic mass is 9.83. The van der Waals surface area contributed by atoms with Gasteiger partial charge in [0.25, 0.3) is 0 Å². The van der Waals surface area contributed by atoms with E-state index < -0.39 is 10.7 Å². The molecule has 0 spiro atoms. The third-order valence-corrected chi connectivity index (χ3v) is 5.37. The summed E-state index contributed by atoms with van der Waals surface area (Å²) >= 11 is 6.41. The van der Waals surface area contributed by atoms with Crippen molar-refractivity contribution >= 4 is 37.5 Å². The highest BCUT2D eigenvalue weighted by molar-refractivity contribution is 9.10. The van der Waals surface area contributed by atoms with Crippen molar-refractivity contribution in [3.8, 4) is 5.75 Å². The van der Waals surface area contributed by atoms with E-state index in [0.29, 0.717) is 18.5 Å². The van der Waals surface area contributed by atoms with E-state index in [0.717, 1.165) is 25.0 Å². The second-order valence-corrected chi connectivity index (χ2v) is 6.44. The van der Waals surface area contributed by atoms with Crippen LogP contribution < -0.4 is 4.74 Å². The molecule has 0 radical (unpaired) electrons. The van der Waals surface area contributed by atoms with Crippen LogP contribution in [-0.4, -0.2) is 30.1 Å². The Bertz CT molecular complexity index is 535. The number of nitro benzene ring substituents is 1. The standard InChI is InChI=1S/C13H14Br2FNO4/c14-7-13(1-3-20-4-2-13)8-21-12-6-10(16)9(15)5-11(12)17(18)19/h5-6H,1-4,7-8H2. The quantitative estimate of drug-likeness (QED) is 0.404. The average Bonchev–Trinajstić information content (AvgIpc) is 2.48. The highest BCUT2D eigenvalue weighted by Crippen LogP contribution is 2.37. The fourth-order valence-corrected chi connectivity index (χ4v) is 3.18. The van der Waals surface area contributed by atoms with Gasteiger partial charge in [0, 0.05) is 36.1 Å². The van der Waals surface area contributed by atoms with E-state index in [1.165, 1.54) is 0 Å². The van der Waals surface area contributed by atoms with Crippen LogP contribution in [0, 0.1) is 21.3 Å². The van der Waals surface area contributed by atoms with Gasteiger partial charge in [-0.25, -0.2) is 4.39 Å². The Labute approximate surface area is 138 Å². The van der Waals surface area contributed by atoms with E-state index in [2.05, 4.69) is 31.9 Å². The van der Waals surface area contributed by atoms with Gasteiger partial charge in [0.2, 0.25) is 0 Å². The molecule has 0 unspecified atom stereocenters. The molecule has 1 aromatic carbocycles. The van der Waals surface area contributed by atoms with Gasteiger partial charge in [0.05, 0.1) is 16.0 Å². The van der Waals surface area contributed by atoms with Crippen LogP contribution in [0.4, 0.5) is 10.1 Å². The molecule has 1 fully saturated rings. The molecule has 0 aromatic heterocycles. The summed E-state index contributed by atoms with van der Waals surface area (Å²) in [5, 5.41) is 11.7. The third kappa shape index (κ3) is 3.92. The maximum atomic E-state index is 13.6. The zero-order valence-electron chi connectivity index (χ0n) is 11.1. The van der Waals surface area contributed by atoms with Crippen molar-refractivity contribution in [1.82, 2.24) is 0 Å². The molecular formula is C13H14Br2FNO4. The van der Waals surface area contributed by atoms with Gasteiger partial charge >= 0.3 is 5.69 Å².